The van der Waals surface area contributed by atoms with Crippen LogP contribution in [0.25, 0.3) is 0 Å². The third-order valence-electron chi connectivity index (χ3n) is 2.94. The standard InChI is InChI=1S/C14H20F3NOS/c1-3-18-11(2)6-5-9-20(19)13-8-4-7-12(10-13)14(15,16)17/h4,7-8,10-11,18H,3,5-6,9H2,1-2H3. The molecule has 0 saturated carbocycles. The highest BCUT2D eigenvalue weighted by molar-refractivity contribution is 7.85. The Kier molecular flexibility index (Phi) is 6.68. The van der Waals surface area contributed by atoms with E-state index in [1.165, 1.54) is 12.1 Å². The number of hydrogen-bond acceptors (Lipinski definition) is 2. The molecule has 0 saturated heterocycles. The third-order valence-corrected chi connectivity index (χ3v) is 4.38. The molecule has 0 aromatic heterocycles. The predicted octanol–water partition coefficient (Wildman–Crippen LogP) is 3.59. The van der Waals surface area contributed by atoms with Gasteiger partial charge >= 0.3 is 6.18 Å². The predicted molar refractivity (Wildman–Crippen MR) is 75.1 cm³/mol. The second-order valence-corrected chi connectivity index (χ2v) is 6.25. The maximum absolute atomic E-state index is 12.6. The molecule has 1 rings (SSSR count). The Labute approximate surface area is 120 Å². The van der Waals surface area contributed by atoms with E-state index in [2.05, 4.69) is 5.32 Å². The van der Waals surface area contributed by atoms with Crippen molar-refractivity contribution in [1.29, 1.82) is 0 Å². The molecule has 20 heavy (non-hydrogen) atoms. The number of alkyl halides is 3. The van der Waals surface area contributed by atoms with Crippen molar-refractivity contribution in [2.24, 2.45) is 0 Å². The number of hydrogen-bond donors (Lipinski definition) is 1. The number of rotatable bonds is 7. The molecule has 2 nitrogen and oxygen atoms in total. The fraction of sp³-hybridized carbons (Fsp3) is 0.571. The lowest BCUT2D eigenvalue weighted by atomic mass is 10.2. The zero-order valence-corrected chi connectivity index (χ0v) is 12.5. The summed E-state index contributed by atoms with van der Waals surface area (Å²) in [5.41, 5.74) is -0.746. The van der Waals surface area contributed by atoms with Crippen molar-refractivity contribution in [1.82, 2.24) is 5.32 Å². The van der Waals surface area contributed by atoms with E-state index in [-0.39, 0.29) is 4.90 Å². The lowest BCUT2D eigenvalue weighted by Crippen LogP contribution is -2.25. The van der Waals surface area contributed by atoms with E-state index in [9.17, 15) is 17.4 Å². The average Bonchev–Trinajstić information content (AvgIpc) is 2.38. The molecule has 2 atom stereocenters. The quantitative estimate of drug-likeness (QED) is 0.834. The lowest BCUT2D eigenvalue weighted by molar-refractivity contribution is -0.137. The largest absolute Gasteiger partial charge is 0.416 e. The van der Waals surface area contributed by atoms with Crippen molar-refractivity contribution in [3.63, 3.8) is 0 Å². The molecule has 0 spiro atoms. The summed E-state index contributed by atoms with van der Waals surface area (Å²) in [5, 5.41) is 3.24. The van der Waals surface area contributed by atoms with Crippen LogP contribution < -0.4 is 5.32 Å². The van der Waals surface area contributed by atoms with Crippen molar-refractivity contribution in [3.05, 3.63) is 29.8 Å². The summed E-state index contributed by atoms with van der Waals surface area (Å²) in [6.45, 7) is 4.92. The summed E-state index contributed by atoms with van der Waals surface area (Å²) in [6, 6.07) is 5.09. The third kappa shape index (κ3) is 5.63. The Bertz CT molecular complexity index is 448. The highest BCUT2D eigenvalue weighted by Crippen LogP contribution is 2.30. The van der Waals surface area contributed by atoms with Crippen LogP contribution in [0, 0.1) is 0 Å². The summed E-state index contributed by atoms with van der Waals surface area (Å²) in [4.78, 5) is 0.246. The van der Waals surface area contributed by atoms with Gasteiger partial charge in [-0.15, -0.1) is 0 Å². The van der Waals surface area contributed by atoms with Crippen LogP contribution in [-0.2, 0) is 17.0 Å². The molecular weight excluding hydrogens is 287 g/mol. The first-order valence-electron chi connectivity index (χ1n) is 6.63. The minimum atomic E-state index is -4.39. The van der Waals surface area contributed by atoms with Gasteiger partial charge in [0.05, 0.1) is 16.4 Å². The van der Waals surface area contributed by atoms with E-state index in [1.807, 2.05) is 13.8 Å². The van der Waals surface area contributed by atoms with E-state index in [4.69, 9.17) is 0 Å². The van der Waals surface area contributed by atoms with Gasteiger partial charge in [-0.1, -0.05) is 13.0 Å². The number of benzene rings is 1. The summed E-state index contributed by atoms with van der Waals surface area (Å²) >= 11 is 0. The van der Waals surface area contributed by atoms with Crippen molar-refractivity contribution < 1.29 is 17.4 Å². The topological polar surface area (TPSA) is 29.1 Å². The maximum atomic E-state index is 12.6. The average molecular weight is 307 g/mol. The molecule has 0 heterocycles. The van der Waals surface area contributed by atoms with Crippen LogP contribution >= 0.6 is 0 Å². The first-order valence-corrected chi connectivity index (χ1v) is 7.95. The first-order chi connectivity index (χ1) is 9.34. The van der Waals surface area contributed by atoms with Crippen molar-refractivity contribution >= 4 is 10.8 Å². The normalized spacial score (nSPS) is 15.1. The van der Waals surface area contributed by atoms with Gasteiger partial charge in [0, 0.05) is 16.7 Å². The van der Waals surface area contributed by atoms with Gasteiger partial charge < -0.3 is 5.32 Å². The van der Waals surface area contributed by atoms with E-state index in [0.29, 0.717) is 11.8 Å². The minimum absolute atomic E-state index is 0.246. The Balaban J connectivity index is 2.56. The van der Waals surface area contributed by atoms with Crippen molar-refractivity contribution in [2.45, 2.75) is 43.8 Å². The van der Waals surface area contributed by atoms with E-state index < -0.39 is 22.5 Å². The van der Waals surface area contributed by atoms with E-state index >= 15 is 0 Å². The van der Waals surface area contributed by atoms with Gasteiger partial charge in [0.25, 0.3) is 0 Å². The van der Waals surface area contributed by atoms with E-state index in [1.54, 1.807) is 0 Å². The first kappa shape index (κ1) is 17.2. The molecule has 1 aromatic carbocycles. The molecule has 114 valence electrons. The van der Waals surface area contributed by atoms with Gasteiger partial charge in [0.15, 0.2) is 0 Å². The second-order valence-electron chi connectivity index (χ2n) is 4.68. The van der Waals surface area contributed by atoms with Gasteiger partial charge in [-0.2, -0.15) is 13.2 Å². The fourth-order valence-electron chi connectivity index (χ4n) is 1.90. The summed E-state index contributed by atoms with van der Waals surface area (Å²) in [7, 11) is -1.38. The molecule has 2 unspecified atom stereocenters. The van der Waals surface area contributed by atoms with Gasteiger partial charge in [-0.3, -0.25) is 4.21 Å². The van der Waals surface area contributed by atoms with Gasteiger partial charge in [0.1, 0.15) is 0 Å². The highest BCUT2D eigenvalue weighted by atomic mass is 32.2. The molecule has 1 N–H and O–H groups in total. The lowest BCUT2D eigenvalue weighted by Gasteiger charge is -2.12. The zero-order valence-electron chi connectivity index (χ0n) is 11.7. The smallest absolute Gasteiger partial charge is 0.315 e. The molecule has 6 heteroatoms. The van der Waals surface area contributed by atoms with Crippen LogP contribution in [0.15, 0.2) is 29.2 Å². The maximum Gasteiger partial charge on any atom is 0.416 e. The second kappa shape index (κ2) is 7.78. The molecule has 0 aliphatic rings. The Hall–Kier alpha value is -0.880. The molecule has 0 aliphatic carbocycles. The fourth-order valence-corrected chi connectivity index (χ4v) is 3.06. The van der Waals surface area contributed by atoms with Crippen LogP contribution in [0.1, 0.15) is 32.3 Å². The molecule has 0 fully saturated rings. The molecular formula is C14H20F3NOS. The highest BCUT2D eigenvalue weighted by Gasteiger charge is 2.30. The Morgan fingerprint density at radius 3 is 2.65 bits per heavy atom. The van der Waals surface area contributed by atoms with Crippen LogP contribution in [0.5, 0.6) is 0 Å². The van der Waals surface area contributed by atoms with Gasteiger partial charge in [0.2, 0.25) is 0 Å². The molecule has 1 aromatic rings. The van der Waals surface area contributed by atoms with Crippen molar-refractivity contribution in [3.8, 4) is 0 Å². The van der Waals surface area contributed by atoms with Gasteiger partial charge in [-0.25, -0.2) is 0 Å². The molecule has 0 radical (unpaired) electrons. The number of halogens is 3. The SMILES string of the molecule is CCNC(C)CCCS(=O)c1cccc(C(F)(F)F)c1. The summed E-state index contributed by atoms with van der Waals surface area (Å²) < 4.78 is 49.7. The molecule has 0 amide bonds. The van der Waals surface area contributed by atoms with E-state index in [0.717, 1.165) is 31.5 Å². The monoisotopic (exact) mass is 307 g/mol. The molecule has 0 aliphatic heterocycles. The van der Waals surface area contributed by atoms with Gasteiger partial charge in [-0.05, 0) is 44.5 Å². The Morgan fingerprint density at radius 2 is 2.05 bits per heavy atom. The summed E-state index contributed by atoms with van der Waals surface area (Å²) in [5.74, 6) is 0.386. The number of nitrogens with one attached hydrogen (secondary N) is 1. The zero-order chi connectivity index (χ0) is 15.2. The van der Waals surface area contributed by atoms with Crippen LogP contribution in [0.2, 0.25) is 0 Å². The minimum Gasteiger partial charge on any atom is -0.315 e. The van der Waals surface area contributed by atoms with Crippen LogP contribution in [0.4, 0.5) is 13.2 Å². The Morgan fingerprint density at radius 1 is 1.35 bits per heavy atom. The molecule has 0 bridgehead atoms. The van der Waals surface area contributed by atoms with Crippen molar-refractivity contribution in [2.75, 3.05) is 12.3 Å². The summed E-state index contributed by atoms with van der Waals surface area (Å²) in [6.07, 6.45) is -2.81. The van der Waals surface area contributed by atoms with Crippen LogP contribution in [-0.4, -0.2) is 22.5 Å². The van der Waals surface area contributed by atoms with Crippen LogP contribution in [0.3, 0.4) is 0 Å².